The summed E-state index contributed by atoms with van der Waals surface area (Å²) in [5.41, 5.74) is 3.45. The summed E-state index contributed by atoms with van der Waals surface area (Å²) in [5.74, 6) is 0.209. The predicted molar refractivity (Wildman–Crippen MR) is 95.6 cm³/mol. The van der Waals surface area contributed by atoms with E-state index in [-0.39, 0.29) is 17.7 Å². The predicted octanol–water partition coefficient (Wildman–Crippen LogP) is 3.11. The summed E-state index contributed by atoms with van der Waals surface area (Å²) in [7, 11) is -3.34. The van der Waals surface area contributed by atoms with Crippen LogP contribution in [0.1, 0.15) is 23.5 Å². The molecule has 5 nitrogen and oxygen atoms in total. The third-order valence-corrected chi connectivity index (χ3v) is 4.75. The number of anilines is 2. The van der Waals surface area contributed by atoms with Crippen molar-refractivity contribution in [2.45, 2.75) is 19.3 Å². The van der Waals surface area contributed by atoms with Gasteiger partial charge in [0.15, 0.2) is 0 Å². The fraction of sp³-hybridized carbons (Fsp3) is 0.278. The number of hydrogen-bond donors (Lipinski definition) is 2. The molecule has 0 aromatic heterocycles. The number of aryl methyl sites for hydroxylation is 1. The van der Waals surface area contributed by atoms with Gasteiger partial charge in [-0.05, 0) is 48.6 Å². The van der Waals surface area contributed by atoms with Crippen LogP contribution in [0.3, 0.4) is 0 Å². The lowest BCUT2D eigenvalue weighted by molar-refractivity contribution is -0.117. The maximum Gasteiger partial charge on any atom is 0.229 e. The molecule has 6 heteroatoms. The molecule has 1 saturated carbocycles. The zero-order valence-electron chi connectivity index (χ0n) is 13.6. The molecule has 2 aromatic carbocycles. The van der Waals surface area contributed by atoms with Crippen molar-refractivity contribution in [3.8, 4) is 0 Å². The van der Waals surface area contributed by atoms with Crippen molar-refractivity contribution >= 4 is 27.3 Å². The number of benzene rings is 2. The van der Waals surface area contributed by atoms with E-state index < -0.39 is 10.0 Å². The Morgan fingerprint density at radius 1 is 1.08 bits per heavy atom. The van der Waals surface area contributed by atoms with E-state index in [1.54, 1.807) is 24.3 Å². The van der Waals surface area contributed by atoms with Crippen LogP contribution in [0.15, 0.2) is 48.5 Å². The average molecular weight is 344 g/mol. The molecular weight excluding hydrogens is 324 g/mol. The van der Waals surface area contributed by atoms with Crippen molar-refractivity contribution in [1.29, 1.82) is 0 Å². The standard InChI is InChI=1S/C18H20N2O3S/c1-12-6-3-4-9-15(12)16-11-17(16)18(21)19-13-7-5-8-14(10-13)20-24(2,22)23/h3-10,16-17,20H,11H2,1-2H3,(H,19,21)/t16-,17-/m0/s1. The van der Waals surface area contributed by atoms with Gasteiger partial charge >= 0.3 is 0 Å². The number of amides is 1. The molecule has 1 aliphatic carbocycles. The Morgan fingerprint density at radius 2 is 1.79 bits per heavy atom. The first kappa shape index (κ1) is 16.5. The molecule has 2 atom stereocenters. The van der Waals surface area contributed by atoms with E-state index in [0.717, 1.165) is 12.7 Å². The number of carbonyl (C=O) groups excluding carboxylic acids is 1. The lowest BCUT2D eigenvalue weighted by Gasteiger charge is -2.09. The smallest absolute Gasteiger partial charge is 0.229 e. The van der Waals surface area contributed by atoms with Gasteiger partial charge in [-0.3, -0.25) is 9.52 Å². The van der Waals surface area contributed by atoms with Crippen LogP contribution in [-0.2, 0) is 14.8 Å². The second kappa shape index (κ2) is 6.28. The monoisotopic (exact) mass is 344 g/mol. The Kier molecular flexibility index (Phi) is 4.32. The van der Waals surface area contributed by atoms with E-state index >= 15 is 0 Å². The highest BCUT2D eigenvalue weighted by molar-refractivity contribution is 7.92. The molecule has 2 N–H and O–H groups in total. The lowest BCUT2D eigenvalue weighted by Crippen LogP contribution is -2.15. The van der Waals surface area contributed by atoms with Gasteiger partial charge in [0.05, 0.1) is 11.9 Å². The first-order chi connectivity index (χ1) is 11.3. The normalized spacial score (nSPS) is 19.6. The van der Waals surface area contributed by atoms with Crippen molar-refractivity contribution in [1.82, 2.24) is 0 Å². The van der Waals surface area contributed by atoms with Gasteiger partial charge in [0.1, 0.15) is 0 Å². The van der Waals surface area contributed by atoms with Crippen LogP contribution in [0.5, 0.6) is 0 Å². The Bertz CT molecular complexity index is 877. The topological polar surface area (TPSA) is 75.3 Å². The minimum absolute atomic E-state index is 0.0280. The molecule has 0 bridgehead atoms. The molecular formula is C18H20N2O3S. The van der Waals surface area contributed by atoms with Gasteiger partial charge in [-0.25, -0.2) is 8.42 Å². The van der Waals surface area contributed by atoms with Gasteiger partial charge in [0, 0.05) is 11.6 Å². The van der Waals surface area contributed by atoms with Crippen LogP contribution in [0.25, 0.3) is 0 Å². The minimum atomic E-state index is -3.34. The maximum absolute atomic E-state index is 12.4. The van der Waals surface area contributed by atoms with Crippen molar-refractivity contribution in [2.75, 3.05) is 16.3 Å². The highest BCUT2D eigenvalue weighted by atomic mass is 32.2. The second-order valence-corrected chi connectivity index (χ2v) is 8.00. The third kappa shape index (κ3) is 3.94. The summed E-state index contributed by atoms with van der Waals surface area (Å²) >= 11 is 0. The van der Waals surface area contributed by atoms with Crippen LogP contribution < -0.4 is 10.0 Å². The molecule has 1 amide bonds. The fourth-order valence-electron chi connectivity index (χ4n) is 2.94. The summed E-state index contributed by atoms with van der Waals surface area (Å²) in [6.07, 6.45) is 1.94. The quantitative estimate of drug-likeness (QED) is 0.875. The number of carbonyl (C=O) groups is 1. The van der Waals surface area contributed by atoms with Gasteiger partial charge < -0.3 is 5.32 Å². The van der Waals surface area contributed by atoms with Gasteiger partial charge in [0.2, 0.25) is 15.9 Å². The van der Waals surface area contributed by atoms with Gasteiger partial charge in [-0.1, -0.05) is 30.3 Å². The summed E-state index contributed by atoms with van der Waals surface area (Å²) in [5, 5.41) is 2.88. The van der Waals surface area contributed by atoms with Gasteiger partial charge in [-0.15, -0.1) is 0 Å². The molecule has 1 fully saturated rings. The first-order valence-electron chi connectivity index (χ1n) is 7.78. The van der Waals surface area contributed by atoms with Crippen molar-refractivity contribution < 1.29 is 13.2 Å². The Labute approximate surface area is 142 Å². The highest BCUT2D eigenvalue weighted by Gasteiger charge is 2.44. The minimum Gasteiger partial charge on any atom is -0.326 e. The van der Waals surface area contributed by atoms with Crippen molar-refractivity contribution in [2.24, 2.45) is 5.92 Å². The van der Waals surface area contributed by atoms with Crippen LogP contribution >= 0.6 is 0 Å². The Balaban J connectivity index is 1.66. The zero-order chi connectivity index (χ0) is 17.3. The molecule has 0 saturated heterocycles. The Hall–Kier alpha value is -2.34. The maximum atomic E-state index is 12.4. The van der Waals surface area contributed by atoms with E-state index in [2.05, 4.69) is 29.1 Å². The number of sulfonamides is 1. The molecule has 0 heterocycles. The van der Waals surface area contributed by atoms with Crippen molar-refractivity contribution in [3.05, 3.63) is 59.7 Å². The molecule has 24 heavy (non-hydrogen) atoms. The largest absolute Gasteiger partial charge is 0.326 e. The first-order valence-corrected chi connectivity index (χ1v) is 9.67. The summed E-state index contributed by atoms with van der Waals surface area (Å²) < 4.78 is 25.0. The van der Waals surface area contributed by atoms with E-state index in [1.165, 1.54) is 11.1 Å². The number of hydrogen-bond acceptors (Lipinski definition) is 3. The molecule has 1 aliphatic rings. The Morgan fingerprint density at radius 3 is 2.50 bits per heavy atom. The van der Waals surface area contributed by atoms with Crippen molar-refractivity contribution in [3.63, 3.8) is 0 Å². The second-order valence-electron chi connectivity index (χ2n) is 6.25. The molecule has 126 valence electrons. The van der Waals surface area contributed by atoms with Crippen LogP contribution in [0.2, 0.25) is 0 Å². The van der Waals surface area contributed by atoms with Gasteiger partial charge in [0.25, 0.3) is 0 Å². The summed E-state index contributed by atoms with van der Waals surface area (Å²) in [4.78, 5) is 12.4. The lowest BCUT2D eigenvalue weighted by atomic mass is 10.0. The summed E-state index contributed by atoms with van der Waals surface area (Å²) in [6.45, 7) is 2.06. The molecule has 0 unspecified atom stereocenters. The summed E-state index contributed by atoms with van der Waals surface area (Å²) in [6, 6.07) is 14.8. The molecule has 0 spiro atoms. The zero-order valence-corrected chi connectivity index (χ0v) is 14.4. The van der Waals surface area contributed by atoms with Crippen LogP contribution in [-0.4, -0.2) is 20.6 Å². The van der Waals surface area contributed by atoms with Crippen LogP contribution in [0, 0.1) is 12.8 Å². The third-order valence-electron chi connectivity index (χ3n) is 4.15. The molecule has 0 radical (unpaired) electrons. The molecule has 3 rings (SSSR count). The average Bonchev–Trinajstić information content (AvgIpc) is 3.26. The molecule has 2 aromatic rings. The molecule has 0 aliphatic heterocycles. The number of nitrogens with one attached hydrogen (secondary N) is 2. The van der Waals surface area contributed by atoms with E-state index in [4.69, 9.17) is 0 Å². The fourth-order valence-corrected chi connectivity index (χ4v) is 3.50. The number of rotatable bonds is 5. The SMILES string of the molecule is Cc1ccccc1[C@@H]1C[C@@H]1C(=O)Nc1cccc(NS(C)(=O)=O)c1. The van der Waals surface area contributed by atoms with E-state index in [1.807, 2.05) is 12.1 Å². The van der Waals surface area contributed by atoms with E-state index in [9.17, 15) is 13.2 Å². The highest BCUT2D eigenvalue weighted by Crippen LogP contribution is 2.48. The van der Waals surface area contributed by atoms with Crippen LogP contribution in [0.4, 0.5) is 11.4 Å². The van der Waals surface area contributed by atoms with Gasteiger partial charge in [-0.2, -0.15) is 0 Å². The van der Waals surface area contributed by atoms with E-state index in [0.29, 0.717) is 11.4 Å².